The van der Waals surface area contributed by atoms with Gasteiger partial charge in [-0.1, -0.05) is 11.6 Å². The monoisotopic (exact) mass is 268 g/mol. The van der Waals surface area contributed by atoms with Crippen LogP contribution in [-0.4, -0.2) is 22.9 Å². The number of aliphatic carboxylic acids is 1. The van der Waals surface area contributed by atoms with Crippen LogP contribution in [0.15, 0.2) is 30.4 Å². The van der Waals surface area contributed by atoms with Gasteiger partial charge >= 0.3 is 5.97 Å². The summed E-state index contributed by atoms with van der Waals surface area (Å²) in [5.74, 6) is -2.61. The van der Waals surface area contributed by atoms with Crippen molar-refractivity contribution in [3.8, 4) is 0 Å². The number of benzene rings is 1. The van der Waals surface area contributed by atoms with Gasteiger partial charge in [0.25, 0.3) is 0 Å². The molecule has 0 radical (unpaired) electrons. The minimum atomic E-state index is -1.24. The Kier molecular flexibility index (Phi) is 4.45. The molecule has 4 N–H and O–H groups in total. The van der Waals surface area contributed by atoms with Gasteiger partial charge in [0, 0.05) is 17.8 Å². The van der Waals surface area contributed by atoms with Crippen LogP contribution < -0.4 is 11.1 Å². The van der Waals surface area contributed by atoms with E-state index in [0.717, 1.165) is 6.08 Å². The van der Waals surface area contributed by atoms with Crippen LogP contribution >= 0.6 is 11.6 Å². The van der Waals surface area contributed by atoms with Gasteiger partial charge in [-0.25, -0.2) is 4.79 Å². The average molecular weight is 269 g/mol. The molecule has 0 fully saturated rings. The van der Waals surface area contributed by atoms with E-state index in [0.29, 0.717) is 6.08 Å². The van der Waals surface area contributed by atoms with E-state index >= 15 is 0 Å². The highest BCUT2D eigenvalue weighted by atomic mass is 35.5. The van der Waals surface area contributed by atoms with E-state index < -0.39 is 17.8 Å². The fraction of sp³-hybridized carbons (Fsp3) is 0. The molecule has 1 rings (SSSR count). The molecule has 18 heavy (non-hydrogen) atoms. The van der Waals surface area contributed by atoms with Gasteiger partial charge in [-0.15, -0.1) is 0 Å². The van der Waals surface area contributed by atoms with Gasteiger partial charge in [-0.05, 0) is 18.2 Å². The fourth-order valence-electron chi connectivity index (χ4n) is 1.12. The van der Waals surface area contributed by atoms with Gasteiger partial charge in [-0.3, -0.25) is 9.59 Å². The first-order valence-electron chi connectivity index (χ1n) is 4.71. The summed E-state index contributed by atoms with van der Waals surface area (Å²) in [6.45, 7) is 0. The molecular weight excluding hydrogens is 260 g/mol. The molecule has 2 amide bonds. The molecule has 0 aliphatic heterocycles. The third kappa shape index (κ3) is 3.91. The quantitative estimate of drug-likeness (QED) is 0.708. The van der Waals surface area contributed by atoms with Crippen LogP contribution in [-0.2, 0) is 9.59 Å². The van der Waals surface area contributed by atoms with Crippen molar-refractivity contribution in [2.45, 2.75) is 0 Å². The van der Waals surface area contributed by atoms with Crippen molar-refractivity contribution in [3.05, 3.63) is 40.9 Å². The SMILES string of the molecule is NC(=O)c1cc(NC(=O)/C=C/C(=O)O)ccc1Cl. The molecular formula is C11H9ClN2O4. The average Bonchev–Trinajstić information content (AvgIpc) is 2.28. The molecule has 0 aliphatic carbocycles. The summed E-state index contributed by atoms with van der Waals surface area (Å²) in [6.07, 6.45) is 1.54. The summed E-state index contributed by atoms with van der Waals surface area (Å²) in [6, 6.07) is 4.16. The first kappa shape index (κ1) is 13.7. The molecule has 7 heteroatoms. The molecule has 0 bridgehead atoms. The number of rotatable bonds is 4. The second kappa shape index (κ2) is 5.83. The third-order valence-electron chi connectivity index (χ3n) is 1.88. The van der Waals surface area contributed by atoms with Crippen molar-refractivity contribution in [1.29, 1.82) is 0 Å². The predicted octanol–water partition coefficient (Wildman–Crippen LogP) is 1.02. The molecule has 0 spiro atoms. The number of carboxylic acids is 1. The van der Waals surface area contributed by atoms with Crippen LogP contribution in [0.1, 0.15) is 10.4 Å². The van der Waals surface area contributed by atoms with Crippen LogP contribution in [0.3, 0.4) is 0 Å². The zero-order chi connectivity index (χ0) is 13.7. The Morgan fingerprint density at radius 1 is 1.28 bits per heavy atom. The normalized spacial score (nSPS) is 10.3. The summed E-state index contributed by atoms with van der Waals surface area (Å²) in [4.78, 5) is 32.5. The number of nitrogens with two attached hydrogens (primary N) is 1. The molecule has 1 aromatic rings. The van der Waals surface area contributed by atoms with E-state index in [9.17, 15) is 14.4 Å². The van der Waals surface area contributed by atoms with Gasteiger partial charge in [0.05, 0.1) is 10.6 Å². The summed E-state index contributed by atoms with van der Waals surface area (Å²) in [7, 11) is 0. The van der Waals surface area contributed by atoms with Crippen molar-refractivity contribution in [3.63, 3.8) is 0 Å². The van der Waals surface area contributed by atoms with Crippen molar-refractivity contribution < 1.29 is 19.5 Å². The lowest BCUT2D eigenvalue weighted by Crippen LogP contribution is -2.13. The predicted molar refractivity (Wildman–Crippen MR) is 65.4 cm³/mol. The Morgan fingerprint density at radius 3 is 2.50 bits per heavy atom. The largest absolute Gasteiger partial charge is 0.478 e. The van der Waals surface area contributed by atoms with Gasteiger partial charge in [0.15, 0.2) is 0 Å². The molecule has 6 nitrogen and oxygen atoms in total. The Morgan fingerprint density at radius 2 is 1.94 bits per heavy atom. The van der Waals surface area contributed by atoms with E-state index in [1.807, 2.05) is 0 Å². The highest BCUT2D eigenvalue weighted by molar-refractivity contribution is 6.34. The van der Waals surface area contributed by atoms with Crippen molar-refractivity contribution in [1.82, 2.24) is 0 Å². The topological polar surface area (TPSA) is 109 Å². The lowest BCUT2D eigenvalue weighted by Gasteiger charge is -2.05. The van der Waals surface area contributed by atoms with Gasteiger partial charge in [0.2, 0.25) is 11.8 Å². The molecule has 0 unspecified atom stereocenters. The number of nitrogens with one attached hydrogen (secondary N) is 1. The van der Waals surface area contributed by atoms with Gasteiger partial charge in [-0.2, -0.15) is 0 Å². The second-order valence-corrected chi connectivity index (χ2v) is 3.63. The molecule has 1 aromatic carbocycles. The number of amides is 2. The van der Waals surface area contributed by atoms with E-state index in [2.05, 4.69) is 5.32 Å². The lowest BCUT2D eigenvalue weighted by atomic mass is 10.2. The van der Waals surface area contributed by atoms with Crippen LogP contribution in [0, 0.1) is 0 Å². The number of anilines is 1. The molecule has 0 heterocycles. The summed E-state index contributed by atoms with van der Waals surface area (Å²) in [5, 5.41) is 10.9. The van der Waals surface area contributed by atoms with E-state index in [-0.39, 0.29) is 16.3 Å². The van der Waals surface area contributed by atoms with E-state index in [1.165, 1.54) is 18.2 Å². The number of carbonyl (C=O) groups excluding carboxylic acids is 2. The number of hydrogen-bond donors (Lipinski definition) is 3. The first-order chi connectivity index (χ1) is 8.40. The zero-order valence-electron chi connectivity index (χ0n) is 9.01. The zero-order valence-corrected chi connectivity index (χ0v) is 9.77. The molecule has 0 atom stereocenters. The number of primary amides is 1. The summed E-state index contributed by atoms with van der Waals surface area (Å²) < 4.78 is 0. The molecule has 94 valence electrons. The highest BCUT2D eigenvalue weighted by Gasteiger charge is 2.08. The van der Waals surface area contributed by atoms with Crippen molar-refractivity contribution in [2.75, 3.05) is 5.32 Å². The van der Waals surface area contributed by atoms with Crippen LogP contribution in [0.25, 0.3) is 0 Å². The molecule has 0 aliphatic rings. The Balaban J connectivity index is 2.86. The smallest absolute Gasteiger partial charge is 0.328 e. The molecule has 0 saturated carbocycles. The minimum absolute atomic E-state index is 0.0664. The fourth-order valence-corrected chi connectivity index (χ4v) is 1.33. The lowest BCUT2D eigenvalue weighted by molar-refractivity contribution is -0.131. The number of carboxylic acid groups (broad SMARTS) is 1. The summed E-state index contributed by atoms with van der Waals surface area (Å²) >= 11 is 5.73. The maximum atomic E-state index is 11.3. The van der Waals surface area contributed by atoms with E-state index in [1.54, 1.807) is 0 Å². The summed E-state index contributed by atoms with van der Waals surface area (Å²) in [5.41, 5.74) is 5.44. The van der Waals surface area contributed by atoms with Crippen molar-refractivity contribution in [2.24, 2.45) is 5.73 Å². The maximum absolute atomic E-state index is 11.3. The Hall–Kier alpha value is -2.34. The standard InChI is InChI=1S/C11H9ClN2O4/c12-8-2-1-6(5-7(8)11(13)18)14-9(15)3-4-10(16)17/h1-5H,(H2,13,18)(H,14,15)(H,16,17)/b4-3+. The van der Waals surface area contributed by atoms with Gasteiger partial charge < -0.3 is 16.2 Å². The second-order valence-electron chi connectivity index (χ2n) is 3.22. The molecule has 0 saturated heterocycles. The third-order valence-corrected chi connectivity index (χ3v) is 2.21. The van der Waals surface area contributed by atoms with Crippen LogP contribution in [0.5, 0.6) is 0 Å². The highest BCUT2D eigenvalue weighted by Crippen LogP contribution is 2.20. The Bertz CT molecular complexity index is 540. The minimum Gasteiger partial charge on any atom is -0.478 e. The van der Waals surface area contributed by atoms with Crippen molar-refractivity contribution >= 4 is 35.1 Å². The Labute approximate surface area is 107 Å². The molecule has 0 aromatic heterocycles. The number of carbonyl (C=O) groups is 3. The van der Waals surface area contributed by atoms with Crippen LogP contribution in [0.4, 0.5) is 5.69 Å². The number of halogens is 1. The first-order valence-corrected chi connectivity index (χ1v) is 5.09. The van der Waals surface area contributed by atoms with Crippen LogP contribution in [0.2, 0.25) is 5.02 Å². The van der Waals surface area contributed by atoms with E-state index in [4.69, 9.17) is 22.4 Å². The maximum Gasteiger partial charge on any atom is 0.328 e. The van der Waals surface area contributed by atoms with Gasteiger partial charge in [0.1, 0.15) is 0 Å². The number of hydrogen-bond acceptors (Lipinski definition) is 3.